The van der Waals surface area contributed by atoms with Gasteiger partial charge >= 0.3 is 0 Å². The van der Waals surface area contributed by atoms with Gasteiger partial charge < -0.3 is 10.2 Å². The highest BCUT2D eigenvalue weighted by molar-refractivity contribution is 7.92. The summed E-state index contributed by atoms with van der Waals surface area (Å²) >= 11 is 6.11. The summed E-state index contributed by atoms with van der Waals surface area (Å²) in [4.78, 5) is 27.5. The molecule has 0 saturated carbocycles. The van der Waals surface area contributed by atoms with E-state index in [0.717, 1.165) is 15.4 Å². The Balaban J connectivity index is 2.02. The van der Waals surface area contributed by atoms with E-state index in [4.69, 9.17) is 11.6 Å². The molecule has 3 aromatic carbocycles. The minimum absolute atomic E-state index is 0.0649. The highest BCUT2D eigenvalue weighted by Gasteiger charge is 2.32. The molecule has 3 rings (SSSR count). The molecule has 0 heterocycles. The quantitative estimate of drug-likeness (QED) is 0.468. The molecule has 0 aromatic heterocycles. The maximum Gasteiger partial charge on any atom is 0.264 e. The fourth-order valence-corrected chi connectivity index (χ4v) is 5.29. The van der Waals surface area contributed by atoms with Gasteiger partial charge in [0.15, 0.2) is 0 Å². The molecule has 35 heavy (non-hydrogen) atoms. The summed E-state index contributed by atoms with van der Waals surface area (Å²) in [5.41, 5.74) is 1.92. The van der Waals surface area contributed by atoms with Gasteiger partial charge in [-0.2, -0.15) is 0 Å². The second-order valence-electron chi connectivity index (χ2n) is 8.11. The average Bonchev–Trinajstić information content (AvgIpc) is 2.85. The van der Waals surface area contributed by atoms with Crippen molar-refractivity contribution in [1.29, 1.82) is 0 Å². The Kier molecular flexibility index (Phi) is 8.53. The first-order chi connectivity index (χ1) is 16.6. The number of halogens is 1. The van der Waals surface area contributed by atoms with Gasteiger partial charge in [0, 0.05) is 18.6 Å². The predicted octanol–water partition coefficient (Wildman–Crippen LogP) is 4.01. The number of hydrogen-bond donors (Lipinski definition) is 1. The van der Waals surface area contributed by atoms with Crippen LogP contribution in [0, 0.1) is 6.92 Å². The molecule has 3 aromatic rings. The Hall–Kier alpha value is -3.36. The van der Waals surface area contributed by atoms with Crippen LogP contribution in [0.1, 0.15) is 18.1 Å². The number of likely N-dealkylation sites (N-methyl/N-ethyl adjacent to an activating group) is 1. The Morgan fingerprint density at radius 1 is 0.971 bits per heavy atom. The molecular formula is C26H28ClN3O4S. The van der Waals surface area contributed by atoms with Crippen molar-refractivity contribution < 1.29 is 18.0 Å². The Morgan fingerprint density at radius 2 is 1.66 bits per heavy atom. The summed E-state index contributed by atoms with van der Waals surface area (Å²) < 4.78 is 28.3. The fourth-order valence-electron chi connectivity index (χ4n) is 3.66. The number of benzene rings is 3. The lowest BCUT2D eigenvalue weighted by Crippen LogP contribution is -2.50. The van der Waals surface area contributed by atoms with Crippen molar-refractivity contribution in [2.45, 2.75) is 31.3 Å². The van der Waals surface area contributed by atoms with Gasteiger partial charge in [0.2, 0.25) is 11.8 Å². The molecule has 9 heteroatoms. The summed E-state index contributed by atoms with van der Waals surface area (Å²) in [5.74, 6) is -0.893. The maximum absolute atomic E-state index is 13.6. The highest BCUT2D eigenvalue weighted by Crippen LogP contribution is 2.25. The standard InChI is InChI=1S/C26H28ClN3O4S/c1-19-9-7-12-23(15-19)30(35(33,34)24-13-5-4-6-14-24)18-25(31)29(20(2)26(32)28-3)17-21-10-8-11-22(27)16-21/h4-16,20H,17-18H2,1-3H3,(H,28,32)/t20-/m1/s1. The van der Waals surface area contributed by atoms with Gasteiger partial charge in [-0.3, -0.25) is 13.9 Å². The molecule has 1 atom stereocenters. The number of sulfonamides is 1. The first-order valence-corrected chi connectivity index (χ1v) is 12.8. The van der Waals surface area contributed by atoms with Crippen LogP contribution in [0.5, 0.6) is 0 Å². The predicted molar refractivity (Wildman–Crippen MR) is 138 cm³/mol. The van der Waals surface area contributed by atoms with Crippen LogP contribution >= 0.6 is 11.6 Å². The largest absolute Gasteiger partial charge is 0.357 e. The Labute approximate surface area is 211 Å². The van der Waals surface area contributed by atoms with Crippen molar-refractivity contribution in [2.75, 3.05) is 17.9 Å². The summed E-state index contributed by atoms with van der Waals surface area (Å²) in [7, 11) is -2.58. The van der Waals surface area contributed by atoms with Crippen LogP contribution in [-0.4, -0.2) is 44.8 Å². The van der Waals surface area contributed by atoms with Crippen molar-refractivity contribution in [2.24, 2.45) is 0 Å². The minimum Gasteiger partial charge on any atom is -0.357 e. The zero-order valence-corrected chi connectivity index (χ0v) is 21.4. The molecule has 0 aliphatic heterocycles. The van der Waals surface area contributed by atoms with Gasteiger partial charge in [0.05, 0.1) is 10.6 Å². The van der Waals surface area contributed by atoms with Crippen LogP contribution < -0.4 is 9.62 Å². The first-order valence-electron chi connectivity index (χ1n) is 11.0. The lowest BCUT2D eigenvalue weighted by atomic mass is 10.1. The summed E-state index contributed by atoms with van der Waals surface area (Å²) in [6.07, 6.45) is 0. The third-order valence-electron chi connectivity index (χ3n) is 5.56. The summed E-state index contributed by atoms with van der Waals surface area (Å²) in [5, 5.41) is 3.05. The van der Waals surface area contributed by atoms with Crippen molar-refractivity contribution in [3.05, 3.63) is 95.0 Å². The monoisotopic (exact) mass is 513 g/mol. The van der Waals surface area contributed by atoms with Crippen molar-refractivity contribution in [1.82, 2.24) is 10.2 Å². The third kappa shape index (κ3) is 6.41. The third-order valence-corrected chi connectivity index (χ3v) is 7.58. The number of amides is 2. The highest BCUT2D eigenvalue weighted by atomic mass is 35.5. The van der Waals surface area contributed by atoms with Gasteiger partial charge in [0.25, 0.3) is 10.0 Å². The molecule has 0 aliphatic carbocycles. The van der Waals surface area contributed by atoms with Crippen LogP contribution in [0.4, 0.5) is 5.69 Å². The first kappa shape index (κ1) is 26.2. The van der Waals surface area contributed by atoms with E-state index < -0.39 is 28.5 Å². The fraction of sp³-hybridized carbons (Fsp3) is 0.231. The molecule has 184 valence electrons. The molecule has 1 N–H and O–H groups in total. The van der Waals surface area contributed by atoms with E-state index in [1.165, 1.54) is 24.1 Å². The molecule has 0 aliphatic rings. The molecule has 0 saturated heterocycles. The second kappa shape index (κ2) is 11.4. The van der Waals surface area contributed by atoms with Crippen molar-refractivity contribution in [3.8, 4) is 0 Å². The van der Waals surface area contributed by atoms with E-state index in [-0.39, 0.29) is 17.3 Å². The SMILES string of the molecule is CNC(=O)[C@@H](C)N(Cc1cccc(Cl)c1)C(=O)CN(c1cccc(C)c1)S(=O)(=O)c1ccccc1. The molecule has 0 unspecified atom stereocenters. The summed E-state index contributed by atoms with van der Waals surface area (Å²) in [6.45, 7) is 3.05. The van der Waals surface area contributed by atoms with Gasteiger partial charge in [-0.25, -0.2) is 8.42 Å². The van der Waals surface area contributed by atoms with E-state index in [1.54, 1.807) is 67.6 Å². The van der Waals surface area contributed by atoms with Gasteiger partial charge in [-0.05, 0) is 61.4 Å². The number of nitrogens with one attached hydrogen (secondary N) is 1. The Morgan fingerprint density at radius 3 is 2.29 bits per heavy atom. The molecule has 2 amide bonds. The van der Waals surface area contributed by atoms with Crippen LogP contribution in [0.2, 0.25) is 5.02 Å². The molecular weight excluding hydrogens is 486 g/mol. The average molecular weight is 514 g/mol. The van der Waals surface area contributed by atoms with Gasteiger partial charge in [-0.1, -0.05) is 54.1 Å². The number of carbonyl (C=O) groups excluding carboxylic acids is 2. The number of carbonyl (C=O) groups is 2. The van der Waals surface area contributed by atoms with E-state index in [1.807, 2.05) is 13.0 Å². The smallest absolute Gasteiger partial charge is 0.264 e. The van der Waals surface area contributed by atoms with Crippen molar-refractivity contribution >= 4 is 39.1 Å². The van der Waals surface area contributed by atoms with E-state index in [0.29, 0.717) is 10.7 Å². The number of nitrogens with zero attached hydrogens (tertiary/aromatic N) is 2. The normalized spacial score (nSPS) is 12.0. The van der Waals surface area contributed by atoms with Crippen LogP contribution in [0.3, 0.4) is 0 Å². The molecule has 0 spiro atoms. The zero-order valence-electron chi connectivity index (χ0n) is 19.8. The van der Waals surface area contributed by atoms with Crippen LogP contribution in [-0.2, 0) is 26.2 Å². The Bertz CT molecular complexity index is 1300. The molecule has 0 fully saturated rings. The zero-order chi connectivity index (χ0) is 25.6. The maximum atomic E-state index is 13.6. The lowest BCUT2D eigenvalue weighted by molar-refractivity contribution is -0.139. The topological polar surface area (TPSA) is 86.8 Å². The van der Waals surface area contributed by atoms with E-state index in [9.17, 15) is 18.0 Å². The lowest BCUT2D eigenvalue weighted by Gasteiger charge is -2.32. The van der Waals surface area contributed by atoms with Gasteiger partial charge in [0.1, 0.15) is 12.6 Å². The minimum atomic E-state index is -4.07. The van der Waals surface area contributed by atoms with Gasteiger partial charge in [-0.15, -0.1) is 0 Å². The number of rotatable bonds is 9. The molecule has 0 bridgehead atoms. The molecule has 0 radical (unpaired) electrons. The number of anilines is 1. The second-order valence-corrected chi connectivity index (χ2v) is 10.4. The number of hydrogen-bond acceptors (Lipinski definition) is 4. The van der Waals surface area contributed by atoms with E-state index in [2.05, 4.69) is 5.32 Å². The van der Waals surface area contributed by atoms with Crippen molar-refractivity contribution in [3.63, 3.8) is 0 Å². The van der Waals surface area contributed by atoms with E-state index >= 15 is 0 Å². The molecule has 7 nitrogen and oxygen atoms in total. The summed E-state index contributed by atoms with van der Waals surface area (Å²) in [6, 6.07) is 21.0. The van der Waals surface area contributed by atoms with Crippen LogP contribution in [0.15, 0.2) is 83.8 Å². The number of aryl methyl sites for hydroxylation is 1. The van der Waals surface area contributed by atoms with Crippen LogP contribution in [0.25, 0.3) is 0 Å².